The van der Waals surface area contributed by atoms with Crippen LogP contribution in [0.4, 0.5) is 4.39 Å². The van der Waals surface area contributed by atoms with E-state index in [1.807, 2.05) is 27.7 Å². The molecule has 1 aromatic rings. The summed E-state index contributed by atoms with van der Waals surface area (Å²) in [6, 6.07) is 1.38. The summed E-state index contributed by atoms with van der Waals surface area (Å²) in [6.45, 7) is 7.93. The molecule has 3 nitrogen and oxygen atoms in total. The van der Waals surface area contributed by atoms with Gasteiger partial charge < -0.3 is 14.3 Å². The zero-order valence-corrected chi connectivity index (χ0v) is 12.3. The van der Waals surface area contributed by atoms with Crippen LogP contribution >= 0.6 is 12.2 Å². The fraction of sp³-hybridized carbons (Fsp3) is 0.462. The Kier molecular flexibility index (Phi) is 3.68. The smallest absolute Gasteiger partial charge is 0.400 e. The highest BCUT2D eigenvalue weighted by Gasteiger charge is 2.49. The average Bonchev–Trinajstić information content (AvgIpc) is 2.49. The fourth-order valence-electron chi connectivity index (χ4n) is 1.75. The molecule has 2 heterocycles. The third-order valence-electron chi connectivity index (χ3n) is 3.60. The van der Waals surface area contributed by atoms with Crippen molar-refractivity contribution in [1.29, 1.82) is 0 Å². The lowest BCUT2D eigenvalue weighted by molar-refractivity contribution is 0.00578. The summed E-state index contributed by atoms with van der Waals surface area (Å²) in [4.78, 5) is 2.68. The fourth-order valence-corrected chi connectivity index (χ4v) is 1.93. The van der Waals surface area contributed by atoms with Crippen molar-refractivity contribution >= 4 is 25.4 Å². The van der Waals surface area contributed by atoms with Gasteiger partial charge in [-0.05, 0) is 33.8 Å². The van der Waals surface area contributed by atoms with E-state index in [0.29, 0.717) is 10.2 Å². The maximum absolute atomic E-state index is 13.1. The largest absolute Gasteiger partial charge is 0.487 e. The van der Waals surface area contributed by atoms with Crippen molar-refractivity contribution in [2.45, 2.75) is 38.9 Å². The minimum Gasteiger partial charge on any atom is -0.400 e. The molecule has 6 heteroatoms. The summed E-state index contributed by atoms with van der Waals surface area (Å²) in [5.41, 5.74) is -0.163. The first kappa shape index (κ1) is 14.4. The molecule has 0 atom stereocenters. The molecule has 0 bridgehead atoms. The van der Waals surface area contributed by atoms with Crippen LogP contribution in [0.3, 0.4) is 0 Å². The molecule has 1 aromatic heterocycles. The number of rotatable bonds is 2. The van der Waals surface area contributed by atoms with Gasteiger partial charge in [-0.15, -0.1) is 0 Å². The molecule has 1 aliphatic rings. The van der Waals surface area contributed by atoms with Gasteiger partial charge in [-0.3, -0.25) is 0 Å². The van der Waals surface area contributed by atoms with Gasteiger partial charge >= 0.3 is 7.12 Å². The van der Waals surface area contributed by atoms with E-state index in [0.717, 1.165) is 0 Å². The van der Waals surface area contributed by atoms with Crippen molar-refractivity contribution in [1.82, 2.24) is 4.98 Å². The van der Waals surface area contributed by atoms with Crippen molar-refractivity contribution in [2.75, 3.05) is 0 Å². The third kappa shape index (κ3) is 2.96. The highest BCUT2D eigenvalue weighted by Crippen LogP contribution is 2.37. The summed E-state index contributed by atoms with van der Waals surface area (Å²) in [7, 11) is -0.456. The van der Waals surface area contributed by atoms with E-state index in [1.165, 1.54) is 12.3 Å². The molecule has 1 fully saturated rings. The lowest BCUT2D eigenvalue weighted by atomic mass is 9.89. The van der Waals surface area contributed by atoms with Gasteiger partial charge in [0.1, 0.15) is 10.5 Å². The van der Waals surface area contributed by atoms with Crippen LogP contribution in [0.5, 0.6) is 0 Å². The van der Waals surface area contributed by atoms with Crippen LogP contribution < -0.4 is 0 Å². The summed E-state index contributed by atoms with van der Waals surface area (Å²) in [5.74, 6) is 1.39. The van der Waals surface area contributed by atoms with E-state index < -0.39 is 7.12 Å². The number of pyridine rings is 1. The van der Waals surface area contributed by atoms with Crippen LogP contribution in [0.1, 0.15) is 33.3 Å². The number of aromatic nitrogens is 1. The molecule has 2 rings (SSSR count). The van der Waals surface area contributed by atoms with E-state index in [2.05, 4.69) is 4.98 Å². The van der Waals surface area contributed by atoms with E-state index in [1.54, 1.807) is 12.1 Å². The molecule has 1 aliphatic heterocycles. The van der Waals surface area contributed by atoms with Crippen LogP contribution in [0.25, 0.3) is 6.08 Å². The van der Waals surface area contributed by atoms with E-state index in [9.17, 15) is 4.39 Å². The average molecular weight is 281 g/mol. The first-order valence-corrected chi connectivity index (χ1v) is 6.54. The minimum absolute atomic E-state index is 0.359. The van der Waals surface area contributed by atoms with Gasteiger partial charge in [0.2, 0.25) is 0 Å². The zero-order chi connectivity index (χ0) is 14.3. The number of hydrogen-bond acceptors (Lipinski definition) is 3. The Hall–Kier alpha value is -0.975. The molecule has 1 saturated heterocycles. The molecule has 0 saturated carbocycles. The maximum Gasteiger partial charge on any atom is 0.487 e. The van der Waals surface area contributed by atoms with Gasteiger partial charge in [0.05, 0.1) is 11.2 Å². The molecule has 0 aliphatic carbocycles. The van der Waals surface area contributed by atoms with E-state index in [-0.39, 0.29) is 17.0 Å². The molecule has 0 aromatic carbocycles. The molecule has 0 radical (unpaired) electrons. The summed E-state index contributed by atoms with van der Waals surface area (Å²) < 4.78 is 25.2. The van der Waals surface area contributed by atoms with Crippen LogP contribution in [-0.4, -0.2) is 23.3 Å². The Balaban J connectivity index is 2.17. The van der Waals surface area contributed by atoms with Crippen molar-refractivity contribution in [3.05, 3.63) is 34.3 Å². The van der Waals surface area contributed by atoms with Crippen molar-refractivity contribution < 1.29 is 13.7 Å². The first-order valence-electron chi connectivity index (χ1n) is 6.13. The quantitative estimate of drug-likeness (QED) is 0.665. The highest BCUT2D eigenvalue weighted by atomic mass is 32.1. The predicted octanol–water partition coefficient (Wildman–Crippen LogP) is 3.53. The second-order valence-electron chi connectivity index (χ2n) is 5.59. The van der Waals surface area contributed by atoms with Gasteiger partial charge in [-0.25, -0.2) is 4.39 Å². The second-order valence-corrected chi connectivity index (χ2v) is 5.99. The van der Waals surface area contributed by atoms with Crippen LogP contribution in [0.2, 0.25) is 0 Å². The Bertz CT molecular complexity index is 552. The minimum atomic E-state index is -0.456. The van der Waals surface area contributed by atoms with Crippen LogP contribution in [0, 0.1) is 10.5 Å². The highest BCUT2D eigenvalue weighted by molar-refractivity contribution is 7.71. The topological polar surface area (TPSA) is 34.2 Å². The van der Waals surface area contributed by atoms with Crippen molar-refractivity contribution in [3.8, 4) is 0 Å². The van der Waals surface area contributed by atoms with Crippen molar-refractivity contribution in [2.24, 2.45) is 0 Å². The standard InChI is InChI=1S/C13H17BFNO2S/c1-12(2)13(3,4)18-14(17-12)6-5-9-7-10(15)8-16-11(9)19/h5-8H,1-4H3,(H,16,19)/b6-5+. The van der Waals surface area contributed by atoms with Gasteiger partial charge in [0.15, 0.2) is 0 Å². The number of nitrogens with one attached hydrogen (secondary N) is 1. The number of hydrogen-bond donors (Lipinski definition) is 1. The molecule has 19 heavy (non-hydrogen) atoms. The molecular formula is C13H17BFNO2S. The molecule has 0 spiro atoms. The lowest BCUT2D eigenvalue weighted by Gasteiger charge is -2.32. The third-order valence-corrected chi connectivity index (χ3v) is 3.95. The molecular weight excluding hydrogens is 264 g/mol. The van der Waals surface area contributed by atoms with Gasteiger partial charge in [-0.2, -0.15) is 0 Å². The first-order chi connectivity index (χ1) is 8.71. The maximum atomic E-state index is 13.1. The van der Waals surface area contributed by atoms with Crippen LogP contribution in [-0.2, 0) is 9.31 Å². The molecule has 0 unspecified atom stereocenters. The van der Waals surface area contributed by atoms with Gasteiger partial charge in [0, 0.05) is 11.8 Å². The monoisotopic (exact) mass is 281 g/mol. The lowest BCUT2D eigenvalue weighted by Crippen LogP contribution is -2.41. The number of H-pyrrole nitrogens is 1. The molecule has 0 amide bonds. The Morgan fingerprint density at radius 1 is 1.26 bits per heavy atom. The van der Waals surface area contributed by atoms with Crippen LogP contribution in [0.15, 0.2) is 18.2 Å². The number of halogens is 1. The van der Waals surface area contributed by atoms with E-state index >= 15 is 0 Å². The SMILES string of the molecule is CC1(C)OB(/C=C/c2cc(F)c[nH]c2=S)OC1(C)C. The Labute approximate surface area is 118 Å². The Morgan fingerprint density at radius 2 is 1.84 bits per heavy atom. The Morgan fingerprint density at radius 3 is 2.42 bits per heavy atom. The summed E-state index contributed by atoms with van der Waals surface area (Å²) >= 11 is 5.09. The van der Waals surface area contributed by atoms with E-state index in [4.69, 9.17) is 21.5 Å². The summed E-state index contributed by atoms with van der Waals surface area (Å²) in [5, 5.41) is 0. The second kappa shape index (κ2) is 4.85. The molecule has 1 N–H and O–H groups in total. The predicted molar refractivity (Wildman–Crippen MR) is 76.7 cm³/mol. The normalized spacial score (nSPS) is 21.2. The molecule has 102 valence electrons. The van der Waals surface area contributed by atoms with Crippen molar-refractivity contribution in [3.63, 3.8) is 0 Å². The number of aromatic amines is 1. The van der Waals surface area contributed by atoms with Gasteiger partial charge in [0.25, 0.3) is 0 Å². The van der Waals surface area contributed by atoms with Gasteiger partial charge in [-0.1, -0.05) is 24.3 Å². The zero-order valence-electron chi connectivity index (χ0n) is 11.5. The summed E-state index contributed by atoms with van der Waals surface area (Å²) in [6.07, 6.45) is 2.94.